The molecule has 0 aliphatic heterocycles. The Labute approximate surface area is 120 Å². The van der Waals surface area contributed by atoms with Gasteiger partial charge < -0.3 is 10.1 Å². The summed E-state index contributed by atoms with van der Waals surface area (Å²) in [6, 6.07) is 2.19. The summed E-state index contributed by atoms with van der Waals surface area (Å²) in [5, 5.41) is 3.27. The van der Waals surface area contributed by atoms with Crippen molar-refractivity contribution in [3.05, 3.63) is 29.3 Å². The van der Waals surface area contributed by atoms with Crippen LogP contribution in [0, 0.1) is 17.6 Å². The maximum absolute atomic E-state index is 14.2. The van der Waals surface area contributed by atoms with Crippen molar-refractivity contribution in [3.8, 4) is 5.75 Å². The second-order valence-electron chi connectivity index (χ2n) is 5.20. The zero-order valence-corrected chi connectivity index (χ0v) is 12.8. The van der Waals surface area contributed by atoms with Crippen molar-refractivity contribution in [2.75, 3.05) is 13.7 Å². The predicted molar refractivity (Wildman–Crippen MR) is 78.0 cm³/mol. The highest BCUT2D eigenvalue weighted by Gasteiger charge is 2.25. The van der Waals surface area contributed by atoms with Crippen LogP contribution in [0.4, 0.5) is 8.78 Å². The molecule has 2 atom stereocenters. The lowest BCUT2D eigenvalue weighted by Crippen LogP contribution is -2.29. The van der Waals surface area contributed by atoms with Gasteiger partial charge in [0.1, 0.15) is 17.4 Å². The lowest BCUT2D eigenvalue weighted by Gasteiger charge is -2.26. The molecule has 0 saturated heterocycles. The number of benzene rings is 1. The van der Waals surface area contributed by atoms with Gasteiger partial charge in [-0.25, -0.2) is 8.78 Å². The Bertz CT molecular complexity index is 400. The van der Waals surface area contributed by atoms with Crippen molar-refractivity contribution in [2.45, 2.75) is 46.1 Å². The smallest absolute Gasteiger partial charge is 0.134 e. The molecule has 0 bridgehead atoms. The van der Waals surface area contributed by atoms with Crippen LogP contribution >= 0.6 is 0 Å². The Morgan fingerprint density at radius 2 is 1.75 bits per heavy atom. The number of rotatable bonds is 8. The van der Waals surface area contributed by atoms with Gasteiger partial charge in [-0.05, 0) is 25.3 Å². The second kappa shape index (κ2) is 8.20. The molecule has 0 saturated carbocycles. The molecule has 114 valence electrons. The monoisotopic (exact) mass is 285 g/mol. The highest BCUT2D eigenvalue weighted by Crippen LogP contribution is 2.32. The molecule has 0 spiro atoms. The van der Waals surface area contributed by atoms with Gasteiger partial charge in [-0.3, -0.25) is 0 Å². The maximum atomic E-state index is 14.2. The molecule has 0 aliphatic carbocycles. The quantitative estimate of drug-likeness (QED) is 0.762. The van der Waals surface area contributed by atoms with E-state index in [1.165, 1.54) is 19.2 Å². The third kappa shape index (κ3) is 4.17. The van der Waals surface area contributed by atoms with Gasteiger partial charge in [0, 0.05) is 23.7 Å². The van der Waals surface area contributed by atoms with Crippen LogP contribution in [0.25, 0.3) is 0 Å². The number of ether oxygens (including phenoxy) is 1. The molecular formula is C16H25F2NO. The van der Waals surface area contributed by atoms with Crippen molar-refractivity contribution in [3.63, 3.8) is 0 Å². The third-order valence-electron chi connectivity index (χ3n) is 3.53. The summed E-state index contributed by atoms with van der Waals surface area (Å²) in [6.45, 7) is 6.88. The van der Waals surface area contributed by atoms with E-state index >= 15 is 0 Å². The molecule has 1 aromatic rings. The maximum Gasteiger partial charge on any atom is 0.134 e. The van der Waals surface area contributed by atoms with Gasteiger partial charge >= 0.3 is 0 Å². The van der Waals surface area contributed by atoms with Gasteiger partial charge in [0.2, 0.25) is 0 Å². The van der Waals surface area contributed by atoms with Crippen LogP contribution in [0.3, 0.4) is 0 Å². The van der Waals surface area contributed by atoms with Crippen LogP contribution in [0.5, 0.6) is 5.75 Å². The second-order valence-corrected chi connectivity index (χ2v) is 5.20. The Balaban J connectivity index is 3.12. The van der Waals surface area contributed by atoms with Crippen LogP contribution in [-0.4, -0.2) is 13.7 Å². The van der Waals surface area contributed by atoms with Crippen molar-refractivity contribution >= 4 is 0 Å². The third-order valence-corrected chi connectivity index (χ3v) is 3.53. The lowest BCUT2D eigenvalue weighted by molar-refractivity contribution is 0.338. The van der Waals surface area contributed by atoms with E-state index in [0.29, 0.717) is 0 Å². The molecule has 0 amide bonds. The summed E-state index contributed by atoms with van der Waals surface area (Å²) >= 11 is 0. The minimum Gasteiger partial charge on any atom is -0.497 e. The summed E-state index contributed by atoms with van der Waals surface area (Å²) in [7, 11) is 1.40. The van der Waals surface area contributed by atoms with Gasteiger partial charge in [-0.15, -0.1) is 0 Å². The molecule has 1 rings (SSSR count). The number of hydrogen-bond donors (Lipinski definition) is 1. The first-order valence-electron chi connectivity index (χ1n) is 7.31. The van der Waals surface area contributed by atoms with E-state index in [9.17, 15) is 8.78 Å². The molecule has 4 heteroatoms. The normalized spacial score (nSPS) is 14.1. The van der Waals surface area contributed by atoms with Gasteiger partial charge in [-0.1, -0.05) is 27.2 Å². The van der Waals surface area contributed by atoms with Crippen LogP contribution in [0.1, 0.15) is 51.6 Å². The molecule has 1 aromatic carbocycles. The number of nitrogens with one attached hydrogen (secondary N) is 1. The van der Waals surface area contributed by atoms with Crippen molar-refractivity contribution in [2.24, 2.45) is 5.92 Å². The number of halogens is 2. The van der Waals surface area contributed by atoms with E-state index in [2.05, 4.69) is 12.2 Å². The van der Waals surface area contributed by atoms with Crippen LogP contribution in [-0.2, 0) is 0 Å². The first kappa shape index (κ1) is 16.9. The molecule has 0 fully saturated rings. The number of methoxy groups -OCH3 is 1. The Hall–Kier alpha value is -1.16. The Morgan fingerprint density at radius 1 is 1.15 bits per heavy atom. The van der Waals surface area contributed by atoms with E-state index in [1.54, 1.807) is 0 Å². The highest BCUT2D eigenvalue weighted by molar-refractivity contribution is 5.32. The molecule has 2 nitrogen and oxygen atoms in total. The molecule has 0 aliphatic rings. The number of hydrogen-bond acceptors (Lipinski definition) is 2. The Kier molecular flexibility index (Phi) is 6.93. The summed E-state index contributed by atoms with van der Waals surface area (Å²) in [5.41, 5.74) is 0.125. The van der Waals surface area contributed by atoms with E-state index < -0.39 is 11.6 Å². The van der Waals surface area contributed by atoms with E-state index in [0.717, 1.165) is 25.8 Å². The molecule has 20 heavy (non-hydrogen) atoms. The zero-order chi connectivity index (χ0) is 15.1. The average Bonchev–Trinajstić information content (AvgIpc) is 2.41. The molecule has 1 N–H and O–H groups in total. The topological polar surface area (TPSA) is 21.3 Å². The molecule has 0 aromatic heterocycles. The molecular weight excluding hydrogens is 260 g/mol. The van der Waals surface area contributed by atoms with Crippen molar-refractivity contribution in [1.29, 1.82) is 0 Å². The minimum atomic E-state index is -0.543. The van der Waals surface area contributed by atoms with Gasteiger partial charge in [0.15, 0.2) is 0 Å². The molecule has 2 unspecified atom stereocenters. The largest absolute Gasteiger partial charge is 0.497 e. The molecule has 0 radical (unpaired) electrons. The van der Waals surface area contributed by atoms with Gasteiger partial charge in [0.05, 0.1) is 7.11 Å². The first-order valence-corrected chi connectivity index (χ1v) is 7.31. The lowest BCUT2D eigenvalue weighted by atomic mass is 9.90. The Morgan fingerprint density at radius 3 is 2.20 bits per heavy atom. The van der Waals surface area contributed by atoms with Gasteiger partial charge in [0.25, 0.3) is 0 Å². The fourth-order valence-corrected chi connectivity index (χ4v) is 2.49. The van der Waals surface area contributed by atoms with Crippen LogP contribution in [0.15, 0.2) is 12.1 Å². The fourth-order valence-electron chi connectivity index (χ4n) is 2.49. The fraction of sp³-hybridized carbons (Fsp3) is 0.625. The zero-order valence-electron chi connectivity index (χ0n) is 12.8. The SMILES string of the molecule is CCCNC(c1c(F)cc(OC)cc1F)C(C)CCC. The summed E-state index contributed by atoms with van der Waals surface area (Å²) < 4.78 is 33.3. The van der Waals surface area contributed by atoms with E-state index in [-0.39, 0.29) is 23.3 Å². The summed E-state index contributed by atoms with van der Waals surface area (Å²) in [5.74, 6) is -0.707. The highest BCUT2D eigenvalue weighted by atomic mass is 19.1. The standard InChI is InChI=1S/C16H25F2NO/c1-5-7-11(3)16(19-8-6-2)15-13(17)9-12(20-4)10-14(15)18/h9-11,16,19H,5-8H2,1-4H3. The van der Waals surface area contributed by atoms with Crippen molar-refractivity contribution in [1.82, 2.24) is 5.32 Å². The van der Waals surface area contributed by atoms with Gasteiger partial charge in [-0.2, -0.15) is 0 Å². The summed E-state index contributed by atoms with van der Waals surface area (Å²) in [6.07, 6.45) is 2.84. The van der Waals surface area contributed by atoms with Crippen molar-refractivity contribution < 1.29 is 13.5 Å². The van der Waals surface area contributed by atoms with E-state index in [1.807, 2.05) is 13.8 Å². The first-order chi connectivity index (χ1) is 9.54. The average molecular weight is 285 g/mol. The minimum absolute atomic E-state index is 0.125. The van der Waals surface area contributed by atoms with Crippen LogP contribution in [0.2, 0.25) is 0 Å². The predicted octanol–water partition coefficient (Wildman–Crippen LogP) is 4.45. The van der Waals surface area contributed by atoms with Crippen LogP contribution < -0.4 is 10.1 Å². The summed E-state index contributed by atoms with van der Waals surface area (Å²) in [4.78, 5) is 0. The van der Waals surface area contributed by atoms with E-state index in [4.69, 9.17) is 4.74 Å². The molecule has 0 heterocycles.